The zero-order valence-corrected chi connectivity index (χ0v) is 47.8. The number of allylic oxidation sites excluding steroid dienone is 10. The molecule has 9 nitrogen and oxygen atoms in total. The summed E-state index contributed by atoms with van der Waals surface area (Å²) in [4.78, 5) is 35.2. The van der Waals surface area contributed by atoms with Gasteiger partial charge < -0.3 is 20.1 Å². The number of unbranched alkanes of at least 4 members (excludes halogenated alkanes) is 34. The Balaban J connectivity index is 3.84. The predicted molar refractivity (Wildman–Crippen MR) is 307 cm³/mol. The third-order valence-corrected chi connectivity index (χ3v) is 14.2. The van der Waals surface area contributed by atoms with E-state index >= 15 is 0 Å². The van der Waals surface area contributed by atoms with E-state index < -0.39 is 26.5 Å². The summed E-state index contributed by atoms with van der Waals surface area (Å²) in [6, 6.07) is 0. The molecule has 0 rings (SSSR count). The SMILES string of the molecule is CC/C=C\C/C=C\C/C=C\C/C=C\C/C=C\CCCCCCCCCCCCCCCCCCCCCC(=O)OC(COC(=O)CCCCCCCCCCCCCCCCCC)COP(=O)(O)OCCN. The molecule has 0 saturated heterocycles. The van der Waals surface area contributed by atoms with Crippen LogP contribution in [0.2, 0.25) is 0 Å². The topological polar surface area (TPSA) is 134 Å². The second kappa shape index (κ2) is 58.0. The third-order valence-electron chi connectivity index (χ3n) is 13.2. The van der Waals surface area contributed by atoms with E-state index in [1.54, 1.807) is 0 Å². The summed E-state index contributed by atoms with van der Waals surface area (Å²) in [6.45, 7) is 3.67. The first-order chi connectivity index (χ1) is 35.3. The number of phosphoric ester groups is 1. The smallest absolute Gasteiger partial charge is 0.462 e. The summed E-state index contributed by atoms with van der Waals surface area (Å²) in [5, 5.41) is 0. The summed E-state index contributed by atoms with van der Waals surface area (Å²) < 4.78 is 33.0. The van der Waals surface area contributed by atoms with Crippen molar-refractivity contribution in [3.8, 4) is 0 Å². The minimum atomic E-state index is -4.38. The molecule has 2 atom stereocenters. The van der Waals surface area contributed by atoms with Crippen LogP contribution in [0.1, 0.15) is 290 Å². The van der Waals surface area contributed by atoms with Gasteiger partial charge in [0.05, 0.1) is 13.2 Å². The van der Waals surface area contributed by atoms with E-state index in [1.165, 1.54) is 193 Å². The number of carbonyl (C=O) groups is 2. The van der Waals surface area contributed by atoms with Gasteiger partial charge >= 0.3 is 19.8 Å². The van der Waals surface area contributed by atoms with Crippen LogP contribution < -0.4 is 5.73 Å². The van der Waals surface area contributed by atoms with Gasteiger partial charge in [0.1, 0.15) is 6.61 Å². The van der Waals surface area contributed by atoms with Crippen molar-refractivity contribution in [1.82, 2.24) is 0 Å². The summed E-state index contributed by atoms with van der Waals surface area (Å²) in [6.07, 6.45) is 72.9. The van der Waals surface area contributed by atoms with Crippen molar-refractivity contribution in [2.24, 2.45) is 5.73 Å². The number of carbonyl (C=O) groups excluding carboxylic acids is 2. The van der Waals surface area contributed by atoms with E-state index in [0.717, 1.165) is 64.2 Å². The molecule has 0 aromatic carbocycles. The van der Waals surface area contributed by atoms with Crippen LogP contribution in [0.4, 0.5) is 0 Å². The van der Waals surface area contributed by atoms with Gasteiger partial charge in [-0.15, -0.1) is 0 Å². The van der Waals surface area contributed by atoms with Gasteiger partial charge in [0, 0.05) is 19.4 Å². The van der Waals surface area contributed by atoms with E-state index in [-0.39, 0.29) is 38.6 Å². The number of hydrogen-bond acceptors (Lipinski definition) is 8. The molecule has 0 aliphatic carbocycles. The highest BCUT2D eigenvalue weighted by Gasteiger charge is 2.26. The fourth-order valence-corrected chi connectivity index (χ4v) is 9.49. The van der Waals surface area contributed by atoms with Crippen LogP contribution in [-0.2, 0) is 32.7 Å². The lowest BCUT2D eigenvalue weighted by molar-refractivity contribution is -0.161. The molecule has 0 saturated carbocycles. The molecule has 0 bridgehead atoms. The second-order valence-corrected chi connectivity index (χ2v) is 21.7. The minimum absolute atomic E-state index is 0.0549. The molecule has 420 valence electrons. The predicted octanol–water partition coefficient (Wildman–Crippen LogP) is 19.1. The first-order valence-corrected chi connectivity index (χ1v) is 31.8. The molecule has 10 heteroatoms. The lowest BCUT2D eigenvalue weighted by Gasteiger charge is -2.19. The van der Waals surface area contributed by atoms with Crippen LogP contribution in [0, 0.1) is 0 Å². The second-order valence-electron chi connectivity index (χ2n) is 20.2. The summed E-state index contributed by atoms with van der Waals surface area (Å²) in [5.41, 5.74) is 5.38. The monoisotopic (exact) mass is 1030 g/mol. The first kappa shape index (κ1) is 69.7. The zero-order valence-electron chi connectivity index (χ0n) is 46.9. The lowest BCUT2D eigenvalue weighted by Crippen LogP contribution is -2.29. The first-order valence-electron chi connectivity index (χ1n) is 30.3. The maximum atomic E-state index is 12.7. The largest absolute Gasteiger partial charge is 0.472 e. The summed E-state index contributed by atoms with van der Waals surface area (Å²) in [5.74, 6) is -0.813. The van der Waals surface area contributed by atoms with Crippen molar-refractivity contribution in [2.75, 3.05) is 26.4 Å². The van der Waals surface area contributed by atoms with Crippen molar-refractivity contribution in [1.29, 1.82) is 0 Å². The van der Waals surface area contributed by atoms with Crippen LogP contribution in [0.25, 0.3) is 0 Å². The third kappa shape index (κ3) is 57.0. The van der Waals surface area contributed by atoms with Crippen molar-refractivity contribution in [3.05, 3.63) is 60.8 Å². The van der Waals surface area contributed by atoms with Gasteiger partial charge in [0.2, 0.25) is 0 Å². The van der Waals surface area contributed by atoms with Gasteiger partial charge in [-0.25, -0.2) is 4.57 Å². The van der Waals surface area contributed by atoms with E-state index in [1.807, 2.05) is 0 Å². The maximum absolute atomic E-state index is 12.7. The van der Waals surface area contributed by atoms with E-state index in [2.05, 4.69) is 74.6 Å². The molecule has 0 aliphatic heterocycles. The molecular weight excluding hydrogens is 918 g/mol. The molecule has 0 aromatic rings. The average molecular weight is 1030 g/mol. The van der Waals surface area contributed by atoms with Crippen molar-refractivity contribution >= 4 is 19.8 Å². The zero-order chi connectivity index (χ0) is 52.4. The van der Waals surface area contributed by atoms with Gasteiger partial charge in [-0.3, -0.25) is 18.6 Å². The molecular formula is C62H114NO8P. The maximum Gasteiger partial charge on any atom is 0.472 e. The Kier molecular flexibility index (Phi) is 56.1. The fourth-order valence-electron chi connectivity index (χ4n) is 8.72. The molecule has 0 heterocycles. The van der Waals surface area contributed by atoms with Crippen LogP contribution in [0.3, 0.4) is 0 Å². The Morgan fingerprint density at radius 1 is 0.431 bits per heavy atom. The van der Waals surface area contributed by atoms with Gasteiger partial charge in [0.25, 0.3) is 0 Å². The number of esters is 2. The number of hydrogen-bond donors (Lipinski definition) is 2. The fraction of sp³-hybridized carbons (Fsp3) is 0.806. The quantitative estimate of drug-likeness (QED) is 0.0264. The Hall–Kier alpha value is -2.29. The Bertz CT molecular complexity index is 1360. The molecule has 0 aliphatic rings. The molecule has 0 spiro atoms. The van der Waals surface area contributed by atoms with Gasteiger partial charge in [0.15, 0.2) is 6.10 Å². The van der Waals surface area contributed by atoms with E-state index in [9.17, 15) is 19.0 Å². The average Bonchev–Trinajstić information content (AvgIpc) is 3.37. The summed E-state index contributed by atoms with van der Waals surface area (Å²) in [7, 11) is -4.38. The summed E-state index contributed by atoms with van der Waals surface area (Å²) >= 11 is 0. The lowest BCUT2D eigenvalue weighted by atomic mass is 10.0. The van der Waals surface area contributed by atoms with E-state index in [4.69, 9.17) is 24.3 Å². The highest BCUT2D eigenvalue weighted by atomic mass is 31.2. The van der Waals surface area contributed by atoms with Crippen LogP contribution >= 0.6 is 7.82 Å². The number of rotatable bonds is 57. The number of nitrogens with two attached hydrogens (primary N) is 1. The van der Waals surface area contributed by atoms with Crippen molar-refractivity contribution < 1.29 is 37.6 Å². The molecule has 3 N–H and O–H groups in total. The molecule has 0 radical (unpaired) electrons. The normalized spacial score (nSPS) is 13.4. The molecule has 0 fully saturated rings. The van der Waals surface area contributed by atoms with Crippen LogP contribution in [0.5, 0.6) is 0 Å². The molecule has 72 heavy (non-hydrogen) atoms. The number of phosphoric acid groups is 1. The van der Waals surface area contributed by atoms with Gasteiger partial charge in [-0.05, 0) is 57.8 Å². The Morgan fingerprint density at radius 3 is 1.14 bits per heavy atom. The van der Waals surface area contributed by atoms with Crippen LogP contribution in [-0.4, -0.2) is 49.3 Å². The highest BCUT2D eigenvalue weighted by Crippen LogP contribution is 2.43. The van der Waals surface area contributed by atoms with E-state index in [0.29, 0.717) is 6.42 Å². The molecule has 2 unspecified atom stereocenters. The van der Waals surface area contributed by atoms with Crippen molar-refractivity contribution in [3.63, 3.8) is 0 Å². The Morgan fingerprint density at radius 2 is 0.764 bits per heavy atom. The van der Waals surface area contributed by atoms with Crippen LogP contribution in [0.15, 0.2) is 60.8 Å². The van der Waals surface area contributed by atoms with Gasteiger partial charge in [-0.2, -0.15) is 0 Å². The molecule has 0 amide bonds. The Labute approximate surface area is 444 Å². The molecule has 0 aromatic heterocycles. The minimum Gasteiger partial charge on any atom is -0.462 e. The standard InChI is InChI=1S/C62H114NO8P/c1-3-5-7-9-11-13-15-17-19-21-22-23-24-25-26-27-28-29-30-31-32-33-34-35-36-37-38-39-41-43-45-47-49-51-53-55-62(65)71-60(59-70-72(66,67)69-57-56-63)58-68-61(64)54-52-50-48-46-44-42-40-20-18-16-14-12-10-8-6-4-2/h5,7,11,13,17,19,22-23,25-26,60H,3-4,6,8-10,12,14-16,18,20-21,24,27-59,63H2,1-2H3,(H,66,67)/b7-5-,13-11-,19-17-,23-22-,26-25-. The highest BCUT2D eigenvalue weighted by molar-refractivity contribution is 7.47. The van der Waals surface area contributed by atoms with Gasteiger partial charge in [-0.1, -0.05) is 280 Å². The van der Waals surface area contributed by atoms with Crippen molar-refractivity contribution in [2.45, 2.75) is 296 Å². The number of ether oxygens (including phenoxy) is 2.